The second-order valence-electron chi connectivity index (χ2n) is 0.447. The van der Waals surface area contributed by atoms with E-state index in [1.165, 1.54) is 0 Å². The Bertz CT molecular complexity index is 62.2. The van der Waals surface area contributed by atoms with E-state index in [1.54, 1.807) is 0 Å². The topological polar surface area (TPSA) is 86.2 Å². The van der Waals surface area contributed by atoms with Gasteiger partial charge in [0.1, 0.15) is 0 Å². The summed E-state index contributed by atoms with van der Waals surface area (Å²) in [5.74, 6) is 0. The normalized spacial score (nSPS) is 7.38. The molecule has 0 fully saturated rings. The van der Waals surface area contributed by atoms with Gasteiger partial charge in [-0.1, -0.05) is 0 Å². The van der Waals surface area contributed by atoms with Gasteiger partial charge in [-0.05, 0) is 0 Å². The van der Waals surface area contributed by atoms with Crippen LogP contribution in [0.3, 0.4) is 0 Å². The van der Waals surface area contributed by atoms with Crippen LogP contribution in [-0.2, 0) is 3.02 Å². The van der Waals surface area contributed by atoms with Crippen molar-refractivity contribution in [1.82, 2.24) is 0 Å². The maximum absolute atomic E-state index is 8.64. The number of hydrogen-bond donors (Lipinski definition) is 0. The standard InChI is InChI=1S/K.Na.4O.Pb.Sb/q2*+1;;3*-1;+2;. The van der Waals surface area contributed by atoms with E-state index < -0.39 is 20.1 Å². The van der Waals surface area contributed by atoms with E-state index in [0.717, 1.165) is 0 Å². The summed E-state index contributed by atoms with van der Waals surface area (Å²) >= 11 is -6.10. The molecule has 0 aliphatic heterocycles. The van der Waals surface area contributed by atoms with Crippen LogP contribution in [0.25, 0.3) is 0 Å². The minimum atomic E-state index is -6.10. The van der Waals surface area contributed by atoms with Crippen LogP contribution in [0.2, 0.25) is 0 Å². The van der Waals surface area contributed by atoms with Gasteiger partial charge in [-0.15, -0.1) is 0 Å². The summed E-state index contributed by atoms with van der Waals surface area (Å²) < 4.78 is 34.6. The molecule has 8 heavy (non-hydrogen) atoms. The molecule has 0 N–H and O–H groups in total. The molecule has 0 saturated carbocycles. The fraction of sp³-hybridized carbons (Fsp3) is 0. The van der Waals surface area contributed by atoms with Gasteiger partial charge in [0.15, 0.2) is 0 Å². The second kappa shape index (κ2) is 11.1. The monoisotopic (exact) mass is 455 g/mol. The Kier molecular flexibility index (Phi) is 31.4. The van der Waals surface area contributed by atoms with Crippen LogP contribution in [-0.4, -0.2) is 47.4 Å². The summed E-state index contributed by atoms with van der Waals surface area (Å²) in [7, 11) is 0. The molecule has 0 unspecified atom stereocenters. The predicted octanol–water partition coefficient (Wildman–Crippen LogP) is -10.4. The zero-order valence-electron chi connectivity index (χ0n) is 4.58. The molecule has 2 radical (unpaired) electrons. The molecule has 0 rings (SSSR count). The van der Waals surface area contributed by atoms with Crippen LogP contribution in [0.1, 0.15) is 0 Å². The smallest absolute Gasteiger partial charge is 2.00 e. The molecule has 0 aromatic heterocycles. The summed E-state index contributed by atoms with van der Waals surface area (Å²) in [5, 5.41) is 0. The van der Waals surface area contributed by atoms with E-state index in [1.807, 2.05) is 0 Å². The number of rotatable bonds is 0. The first-order valence-electron chi connectivity index (χ1n) is 0.730. The SMILES string of the molecule is [K+].[Na+].[O]=[Sb]([O-])([O-])[O-].[Pb+2]. The first-order valence-corrected chi connectivity index (χ1v) is 4.90. The molecular formula is KNaO4PbSb+. The van der Waals surface area contributed by atoms with Crippen molar-refractivity contribution in [3.8, 4) is 0 Å². The van der Waals surface area contributed by atoms with Crippen LogP contribution >= 0.6 is 0 Å². The molecule has 4 nitrogen and oxygen atoms in total. The largest absolute Gasteiger partial charge is 2.00 e. The van der Waals surface area contributed by atoms with Crippen LogP contribution < -0.4 is 91.1 Å². The van der Waals surface area contributed by atoms with E-state index in [4.69, 9.17) is 13.2 Å². The van der Waals surface area contributed by atoms with Crippen LogP contribution in [0, 0.1) is 0 Å². The fourth-order valence-electron chi connectivity index (χ4n) is 0. The molecule has 34 valence electrons. The number of hydrogen-bond acceptors (Lipinski definition) is 4. The van der Waals surface area contributed by atoms with Crippen molar-refractivity contribution in [3.05, 3.63) is 0 Å². The van der Waals surface area contributed by atoms with E-state index in [0.29, 0.717) is 0 Å². The van der Waals surface area contributed by atoms with Crippen molar-refractivity contribution in [3.63, 3.8) is 0 Å². The summed E-state index contributed by atoms with van der Waals surface area (Å²) in [6, 6.07) is 0. The average Bonchev–Trinajstić information content (AvgIpc) is 0.722. The Balaban J connectivity index is -0.0000000267. The molecule has 0 saturated heterocycles. The predicted molar refractivity (Wildman–Crippen MR) is 12.2 cm³/mol. The maximum Gasteiger partial charge on any atom is 2.00 e. The first kappa shape index (κ1) is 22.7. The van der Waals surface area contributed by atoms with Gasteiger partial charge in [0, 0.05) is 0 Å². The van der Waals surface area contributed by atoms with Gasteiger partial charge >= 0.3 is 141 Å². The van der Waals surface area contributed by atoms with Gasteiger partial charge in [0.25, 0.3) is 0 Å². The van der Waals surface area contributed by atoms with Gasteiger partial charge in [-0.2, -0.15) is 0 Å². The fourth-order valence-corrected chi connectivity index (χ4v) is 0. The molecule has 0 aromatic carbocycles. The van der Waals surface area contributed by atoms with Gasteiger partial charge in [0.05, 0.1) is 0 Å². The molecule has 0 atom stereocenters. The van der Waals surface area contributed by atoms with E-state index in [9.17, 15) is 0 Å². The second-order valence-corrected chi connectivity index (χ2v) is 3.00. The summed E-state index contributed by atoms with van der Waals surface area (Å²) in [6.07, 6.45) is 0. The Morgan fingerprint density at radius 3 is 1.12 bits per heavy atom. The third-order valence-corrected chi connectivity index (χ3v) is 0. The van der Waals surface area contributed by atoms with Gasteiger partial charge in [-0.3, -0.25) is 0 Å². The molecule has 0 bridgehead atoms. The van der Waals surface area contributed by atoms with Crippen molar-refractivity contribution in [2.45, 2.75) is 0 Å². The summed E-state index contributed by atoms with van der Waals surface area (Å²) in [5.41, 5.74) is 0. The molecule has 0 spiro atoms. The molecule has 0 aliphatic carbocycles. The van der Waals surface area contributed by atoms with E-state index >= 15 is 0 Å². The summed E-state index contributed by atoms with van der Waals surface area (Å²) in [4.78, 5) is 0. The van der Waals surface area contributed by atoms with Gasteiger partial charge in [-0.25, -0.2) is 0 Å². The third kappa shape index (κ3) is 50.1. The molecule has 0 aromatic rings. The molecule has 0 amide bonds. The minimum Gasteiger partial charge on any atom is 2.00 e. The van der Waals surface area contributed by atoms with E-state index in [2.05, 4.69) is 0 Å². The van der Waals surface area contributed by atoms with Crippen molar-refractivity contribution in [2.24, 2.45) is 0 Å². The van der Waals surface area contributed by atoms with Crippen LogP contribution in [0.5, 0.6) is 0 Å². The molecule has 0 heterocycles. The van der Waals surface area contributed by atoms with Crippen LogP contribution in [0.4, 0.5) is 0 Å². The maximum atomic E-state index is 8.64. The first-order chi connectivity index (χ1) is 2.00. The zero-order valence-corrected chi connectivity index (χ0v) is 16.1. The Labute approximate surface area is 137 Å². The van der Waals surface area contributed by atoms with Crippen LogP contribution in [0.15, 0.2) is 0 Å². The van der Waals surface area contributed by atoms with Crippen molar-refractivity contribution < 1.29 is 94.1 Å². The van der Waals surface area contributed by atoms with E-state index in [-0.39, 0.29) is 108 Å². The van der Waals surface area contributed by atoms with Gasteiger partial charge < -0.3 is 0 Å². The minimum absolute atomic E-state index is 0. The van der Waals surface area contributed by atoms with Crippen molar-refractivity contribution in [1.29, 1.82) is 0 Å². The van der Waals surface area contributed by atoms with Gasteiger partial charge in [0.2, 0.25) is 0 Å². The Hall–Kier alpha value is 4.06. The summed E-state index contributed by atoms with van der Waals surface area (Å²) in [6.45, 7) is 0. The molecular weight excluding hydrogens is 455 g/mol. The average molecular weight is 455 g/mol. The Morgan fingerprint density at radius 1 is 1.12 bits per heavy atom. The van der Waals surface area contributed by atoms with Crippen molar-refractivity contribution in [2.75, 3.05) is 0 Å². The van der Waals surface area contributed by atoms with Crippen molar-refractivity contribution >= 4 is 47.4 Å². The molecule has 0 aliphatic rings. The quantitative estimate of drug-likeness (QED) is 0.340. The Morgan fingerprint density at radius 2 is 1.12 bits per heavy atom. The third-order valence-electron chi connectivity index (χ3n) is 0. The molecule has 8 heteroatoms. The zero-order chi connectivity index (χ0) is 4.50.